The second-order valence-corrected chi connectivity index (χ2v) is 6.32. The lowest BCUT2D eigenvalue weighted by atomic mass is 10.0. The topological polar surface area (TPSA) is 81.3 Å². The number of likely N-dealkylation sites (tertiary alicyclic amines) is 1. The number of nitrogens with zero attached hydrogens (tertiary/aromatic N) is 3. The summed E-state index contributed by atoms with van der Waals surface area (Å²) in [5, 5.41) is 0. The third kappa shape index (κ3) is 4.33. The number of aromatic nitrogens is 2. The highest BCUT2D eigenvalue weighted by Gasteiger charge is 2.25. The Kier molecular flexibility index (Phi) is 5.60. The van der Waals surface area contributed by atoms with Gasteiger partial charge in [0.05, 0.1) is 11.7 Å². The summed E-state index contributed by atoms with van der Waals surface area (Å²) >= 11 is 0. The molecule has 2 aromatic heterocycles. The molecular weight excluding hydrogens is 316 g/mol. The number of nitrogens with two attached hydrogens (primary N) is 1. The predicted molar refractivity (Wildman–Crippen MR) is 97.0 cm³/mol. The van der Waals surface area contributed by atoms with E-state index in [1.165, 1.54) is 0 Å². The molecule has 6 nitrogen and oxygen atoms in total. The van der Waals surface area contributed by atoms with Gasteiger partial charge < -0.3 is 15.4 Å². The van der Waals surface area contributed by atoms with Gasteiger partial charge in [0.15, 0.2) is 0 Å². The van der Waals surface area contributed by atoms with Crippen molar-refractivity contribution in [2.24, 2.45) is 0 Å². The molecule has 0 saturated carbocycles. The molecule has 0 bridgehead atoms. The van der Waals surface area contributed by atoms with Crippen LogP contribution in [0.15, 0.2) is 36.8 Å². The van der Waals surface area contributed by atoms with Crippen molar-refractivity contribution in [1.29, 1.82) is 0 Å². The minimum atomic E-state index is 0.00236. The lowest BCUT2D eigenvalue weighted by molar-refractivity contribution is 0.00210. The Hall–Kier alpha value is -2.47. The van der Waals surface area contributed by atoms with Crippen molar-refractivity contribution in [3.8, 4) is 11.1 Å². The SMILES string of the molecule is CCCOC1CCCN(C(=O)c2cncc(-c3ccc(N)nc3)c2)C1. The lowest BCUT2D eigenvalue weighted by Gasteiger charge is -2.32. The average molecular weight is 340 g/mol. The molecule has 1 saturated heterocycles. The first kappa shape index (κ1) is 17.4. The van der Waals surface area contributed by atoms with Gasteiger partial charge in [-0.05, 0) is 37.5 Å². The number of rotatable bonds is 5. The van der Waals surface area contributed by atoms with Gasteiger partial charge in [0.2, 0.25) is 0 Å². The largest absolute Gasteiger partial charge is 0.384 e. The Morgan fingerprint density at radius 2 is 2.20 bits per heavy atom. The molecule has 0 spiro atoms. The van der Waals surface area contributed by atoms with Crippen LogP contribution < -0.4 is 5.73 Å². The van der Waals surface area contributed by atoms with E-state index in [0.717, 1.165) is 43.5 Å². The van der Waals surface area contributed by atoms with E-state index >= 15 is 0 Å². The van der Waals surface area contributed by atoms with E-state index in [1.807, 2.05) is 17.0 Å². The summed E-state index contributed by atoms with van der Waals surface area (Å²) in [4.78, 5) is 23.0. The third-order valence-electron chi connectivity index (χ3n) is 4.33. The summed E-state index contributed by atoms with van der Waals surface area (Å²) in [5.74, 6) is 0.470. The second kappa shape index (κ2) is 8.07. The number of nitrogen functional groups attached to an aromatic ring is 1. The molecular formula is C19H24N4O2. The maximum Gasteiger partial charge on any atom is 0.255 e. The van der Waals surface area contributed by atoms with E-state index < -0.39 is 0 Å². The number of pyridine rings is 2. The van der Waals surface area contributed by atoms with Gasteiger partial charge in [-0.3, -0.25) is 9.78 Å². The number of hydrogen-bond acceptors (Lipinski definition) is 5. The summed E-state index contributed by atoms with van der Waals surface area (Å²) in [6.07, 6.45) is 8.15. The van der Waals surface area contributed by atoms with Gasteiger partial charge >= 0.3 is 0 Å². The summed E-state index contributed by atoms with van der Waals surface area (Å²) in [7, 11) is 0. The number of piperidine rings is 1. The molecule has 0 radical (unpaired) electrons. The number of carbonyl (C=O) groups excluding carboxylic acids is 1. The normalized spacial score (nSPS) is 17.5. The molecule has 2 aromatic rings. The molecule has 0 aliphatic carbocycles. The first-order chi connectivity index (χ1) is 12.2. The van der Waals surface area contributed by atoms with Crippen molar-refractivity contribution in [2.45, 2.75) is 32.3 Å². The van der Waals surface area contributed by atoms with Crippen LogP contribution in [0, 0.1) is 0 Å². The quantitative estimate of drug-likeness (QED) is 0.905. The fourth-order valence-corrected chi connectivity index (χ4v) is 3.02. The van der Waals surface area contributed by atoms with Crippen LogP contribution in [0.4, 0.5) is 5.82 Å². The number of carbonyl (C=O) groups is 1. The van der Waals surface area contributed by atoms with E-state index in [0.29, 0.717) is 17.9 Å². The fourth-order valence-electron chi connectivity index (χ4n) is 3.02. The van der Waals surface area contributed by atoms with Gasteiger partial charge in [0, 0.05) is 49.4 Å². The van der Waals surface area contributed by atoms with Crippen LogP contribution >= 0.6 is 0 Å². The maximum atomic E-state index is 12.9. The van der Waals surface area contributed by atoms with Crippen LogP contribution in [0.2, 0.25) is 0 Å². The first-order valence-electron chi connectivity index (χ1n) is 8.75. The van der Waals surface area contributed by atoms with Gasteiger partial charge in [0.25, 0.3) is 5.91 Å². The van der Waals surface area contributed by atoms with Crippen molar-refractivity contribution in [2.75, 3.05) is 25.4 Å². The van der Waals surface area contributed by atoms with Crippen molar-refractivity contribution in [3.05, 3.63) is 42.4 Å². The molecule has 132 valence electrons. The molecule has 0 aromatic carbocycles. The highest BCUT2D eigenvalue weighted by molar-refractivity contribution is 5.95. The zero-order valence-corrected chi connectivity index (χ0v) is 14.5. The molecule has 3 rings (SSSR count). The Morgan fingerprint density at radius 1 is 1.32 bits per heavy atom. The van der Waals surface area contributed by atoms with Crippen LogP contribution in [0.1, 0.15) is 36.5 Å². The van der Waals surface area contributed by atoms with Crippen LogP contribution in [-0.2, 0) is 4.74 Å². The third-order valence-corrected chi connectivity index (χ3v) is 4.33. The van der Waals surface area contributed by atoms with Crippen LogP contribution in [0.5, 0.6) is 0 Å². The number of ether oxygens (including phenoxy) is 1. The van der Waals surface area contributed by atoms with Crippen molar-refractivity contribution >= 4 is 11.7 Å². The summed E-state index contributed by atoms with van der Waals surface area (Å²) in [6.45, 7) is 4.24. The molecule has 1 atom stereocenters. The van der Waals surface area contributed by atoms with Crippen LogP contribution in [0.3, 0.4) is 0 Å². The summed E-state index contributed by atoms with van der Waals surface area (Å²) < 4.78 is 5.82. The molecule has 2 N–H and O–H groups in total. The smallest absolute Gasteiger partial charge is 0.255 e. The average Bonchev–Trinajstić information content (AvgIpc) is 2.66. The minimum absolute atomic E-state index is 0.00236. The monoisotopic (exact) mass is 340 g/mol. The summed E-state index contributed by atoms with van der Waals surface area (Å²) in [6, 6.07) is 5.48. The van der Waals surface area contributed by atoms with Gasteiger partial charge in [-0.15, -0.1) is 0 Å². The van der Waals surface area contributed by atoms with Gasteiger partial charge in [-0.25, -0.2) is 4.98 Å². The Labute approximate surface area is 148 Å². The number of anilines is 1. The Balaban J connectivity index is 1.73. The minimum Gasteiger partial charge on any atom is -0.384 e. The predicted octanol–water partition coefficient (Wildman–Crippen LogP) is 2.76. The van der Waals surface area contributed by atoms with Crippen LogP contribution in [-0.4, -0.2) is 46.6 Å². The summed E-state index contributed by atoms with van der Waals surface area (Å²) in [5.41, 5.74) is 7.96. The first-order valence-corrected chi connectivity index (χ1v) is 8.75. The Bertz CT molecular complexity index is 718. The molecule has 6 heteroatoms. The fraction of sp³-hybridized carbons (Fsp3) is 0.421. The Morgan fingerprint density at radius 3 is 2.96 bits per heavy atom. The van der Waals surface area contributed by atoms with Crippen molar-refractivity contribution in [3.63, 3.8) is 0 Å². The van der Waals surface area contributed by atoms with E-state index in [9.17, 15) is 4.79 Å². The molecule has 1 unspecified atom stereocenters. The standard InChI is InChI=1S/C19H24N4O2/c1-2-8-25-17-4-3-7-23(13-17)19(24)16-9-15(10-21-11-16)14-5-6-18(20)22-12-14/h5-6,9-12,17H,2-4,7-8,13H2,1H3,(H2,20,22). The second-order valence-electron chi connectivity index (χ2n) is 6.32. The van der Waals surface area contributed by atoms with E-state index in [2.05, 4.69) is 16.9 Å². The van der Waals surface area contributed by atoms with Gasteiger partial charge in [-0.1, -0.05) is 6.92 Å². The maximum absolute atomic E-state index is 12.9. The van der Waals surface area contributed by atoms with Gasteiger partial charge in [0.1, 0.15) is 5.82 Å². The van der Waals surface area contributed by atoms with E-state index in [4.69, 9.17) is 10.5 Å². The molecule has 1 aliphatic heterocycles. The van der Waals surface area contributed by atoms with E-state index in [1.54, 1.807) is 24.7 Å². The number of amides is 1. The molecule has 3 heterocycles. The molecule has 25 heavy (non-hydrogen) atoms. The van der Waals surface area contributed by atoms with Crippen LogP contribution in [0.25, 0.3) is 11.1 Å². The van der Waals surface area contributed by atoms with Crippen molar-refractivity contribution in [1.82, 2.24) is 14.9 Å². The number of hydrogen-bond donors (Lipinski definition) is 1. The molecule has 1 aliphatic rings. The highest BCUT2D eigenvalue weighted by Crippen LogP contribution is 2.21. The zero-order chi connectivity index (χ0) is 17.6. The van der Waals surface area contributed by atoms with Gasteiger partial charge in [-0.2, -0.15) is 0 Å². The lowest BCUT2D eigenvalue weighted by Crippen LogP contribution is -2.43. The van der Waals surface area contributed by atoms with Crippen molar-refractivity contribution < 1.29 is 9.53 Å². The zero-order valence-electron chi connectivity index (χ0n) is 14.5. The highest BCUT2D eigenvalue weighted by atomic mass is 16.5. The molecule has 1 fully saturated rings. The molecule has 1 amide bonds. The van der Waals surface area contributed by atoms with E-state index in [-0.39, 0.29) is 12.0 Å².